The zero-order chi connectivity index (χ0) is 14.6. The Balaban J connectivity index is 0.00000220. The van der Waals surface area contributed by atoms with E-state index in [0.29, 0.717) is 25.3 Å². The summed E-state index contributed by atoms with van der Waals surface area (Å²) in [6.07, 6.45) is 3.02. The highest BCUT2D eigenvalue weighted by molar-refractivity contribution is 7.89. The van der Waals surface area contributed by atoms with Gasteiger partial charge in [-0.2, -0.15) is 0 Å². The highest BCUT2D eigenvalue weighted by Gasteiger charge is 2.12. The Labute approximate surface area is 130 Å². The summed E-state index contributed by atoms with van der Waals surface area (Å²) in [5.74, 6) is 0.375. The molecule has 0 aliphatic carbocycles. The maximum absolute atomic E-state index is 12.0. The van der Waals surface area contributed by atoms with Crippen LogP contribution in [0.2, 0.25) is 0 Å². The molecule has 0 saturated heterocycles. The van der Waals surface area contributed by atoms with Gasteiger partial charge < -0.3 is 10.7 Å². The van der Waals surface area contributed by atoms with E-state index in [9.17, 15) is 8.42 Å². The second kappa shape index (κ2) is 7.44. The summed E-state index contributed by atoms with van der Waals surface area (Å²) in [7, 11) is -3.43. The molecular formula is C13H19ClN4O2S. The Morgan fingerprint density at radius 2 is 1.95 bits per heavy atom. The van der Waals surface area contributed by atoms with E-state index >= 15 is 0 Å². The van der Waals surface area contributed by atoms with E-state index in [0.717, 1.165) is 11.3 Å². The number of aromatic nitrogens is 2. The molecule has 0 fully saturated rings. The Kier molecular flexibility index (Phi) is 6.19. The van der Waals surface area contributed by atoms with Crippen LogP contribution >= 0.6 is 12.4 Å². The molecule has 0 spiro atoms. The first-order valence-corrected chi connectivity index (χ1v) is 7.81. The number of nitrogens with zero attached hydrogens (tertiary/aromatic N) is 1. The average molecular weight is 331 g/mol. The van der Waals surface area contributed by atoms with E-state index in [2.05, 4.69) is 14.7 Å². The van der Waals surface area contributed by atoms with Gasteiger partial charge in [0.15, 0.2) is 5.95 Å². The third kappa shape index (κ3) is 5.04. The number of nitrogens with two attached hydrogens (primary N) is 1. The summed E-state index contributed by atoms with van der Waals surface area (Å²) < 4.78 is 26.6. The first-order chi connectivity index (χ1) is 9.47. The number of benzene rings is 1. The van der Waals surface area contributed by atoms with Gasteiger partial charge in [-0.15, -0.1) is 12.4 Å². The minimum absolute atomic E-state index is 0. The van der Waals surface area contributed by atoms with Gasteiger partial charge in [0, 0.05) is 12.2 Å². The van der Waals surface area contributed by atoms with Crippen LogP contribution in [-0.2, 0) is 16.4 Å². The lowest BCUT2D eigenvalue weighted by Gasteiger charge is -2.06. The SMILES string of the molecule is Cc1ccc(S(=O)(=O)NCCCc2cnc(N)[nH]2)cc1.Cl. The van der Waals surface area contributed by atoms with Gasteiger partial charge in [-0.3, -0.25) is 0 Å². The Morgan fingerprint density at radius 3 is 2.52 bits per heavy atom. The van der Waals surface area contributed by atoms with Crippen molar-refractivity contribution in [1.82, 2.24) is 14.7 Å². The maximum atomic E-state index is 12.0. The molecule has 1 aromatic carbocycles. The number of nitrogen functional groups attached to an aromatic ring is 1. The molecule has 1 heterocycles. The molecule has 21 heavy (non-hydrogen) atoms. The van der Waals surface area contributed by atoms with Crippen LogP contribution in [0.3, 0.4) is 0 Å². The monoisotopic (exact) mass is 330 g/mol. The topological polar surface area (TPSA) is 101 Å². The number of sulfonamides is 1. The number of aryl methyl sites for hydroxylation is 2. The molecule has 0 amide bonds. The summed E-state index contributed by atoms with van der Waals surface area (Å²) in [6.45, 7) is 2.29. The van der Waals surface area contributed by atoms with Crippen LogP contribution in [0.5, 0.6) is 0 Å². The molecule has 0 aliphatic rings. The molecule has 116 valence electrons. The van der Waals surface area contributed by atoms with Gasteiger partial charge in [0.1, 0.15) is 0 Å². The fourth-order valence-corrected chi connectivity index (χ4v) is 2.86. The normalized spacial score (nSPS) is 11.1. The summed E-state index contributed by atoms with van der Waals surface area (Å²) in [6, 6.07) is 6.77. The van der Waals surface area contributed by atoms with Crippen molar-refractivity contribution in [2.24, 2.45) is 0 Å². The van der Waals surface area contributed by atoms with Gasteiger partial charge in [-0.25, -0.2) is 18.1 Å². The van der Waals surface area contributed by atoms with E-state index in [1.807, 2.05) is 6.92 Å². The van der Waals surface area contributed by atoms with E-state index in [1.54, 1.807) is 30.5 Å². The number of rotatable bonds is 6. The Morgan fingerprint density at radius 1 is 1.29 bits per heavy atom. The van der Waals surface area contributed by atoms with Crippen molar-refractivity contribution in [2.45, 2.75) is 24.7 Å². The second-order valence-electron chi connectivity index (χ2n) is 4.61. The van der Waals surface area contributed by atoms with Gasteiger partial charge in [0.2, 0.25) is 10.0 Å². The first-order valence-electron chi connectivity index (χ1n) is 6.33. The number of anilines is 1. The molecule has 0 atom stereocenters. The number of nitrogens with one attached hydrogen (secondary N) is 2. The van der Waals surface area contributed by atoms with Crippen LogP contribution in [0.1, 0.15) is 17.7 Å². The minimum atomic E-state index is -3.43. The first kappa shape index (κ1) is 17.5. The van der Waals surface area contributed by atoms with Gasteiger partial charge >= 0.3 is 0 Å². The van der Waals surface area contributed by atoms with E-state index in [1.165, 1.54) is 0 Å². The maximum Gasteiger partial charge on any atom is 0.240 e. The molecule has 2 aromatic rings. The lowest BCUT2D eigenvalue weighted by Crippen LogP contribution is -2.25. The van der Waals surface area contributed by atoms with Crippen molar-refractivity contribution < 1.29 is 8.42 Å². The van der Waals surface area contributed by atoms with Gasteiger partial charge in [0.05, 0.1) is 11.1 Å². The fourth-order valence-electron chi connectivity index (χ4n) is 1.79. The average Bonchev–Trinajstić information content (AvgIpc) is 2.81. The molecule has 2 rings (SSSR count). The van der Waals surface area contributed by atoms with Crippen molar-refractivity contribution in [3.05, 3.63) is 41.7 Å². The zero-order valence-corrected chi connectivity index (χ0v) is 13.3. The minimum Gasteiger partial charge on any atom is -0.369 e. The molecule has 0 aliphatic heterocycles. The number of hydrogen-bond acceptors (Lipinski definition) is 4. The number of hydrogen-bond donors (Lipinski definition) is 3. The number of halogens is 1. The molecular weight excluding hydrogens is 312 g/mol. The summed E-state index contributed by atoms with van der Waals surface area (Å²) in [4.78, 5) is 7.07. The van der Waals surface area contributed by atoms with Crippen molar-refractivity contribution in [3.63, 3.8) is 0 Å². The lowest BCUT2D eigenvalue weighted by atomic mass is 10.2. The predicted octanol–water partition coefficient (Wildman–Crippen LogP) is 1.63. The molecule has 4 N–H and O–H groups in total. The van der Waals surface area contributed by atoms with Crippen LogP contribution in [0.15, 0.2) is 35.4 Å². The zero-order valence-electron chi connectivity index (χ0n) is 11.7. The summed E-state index contributed by atoms with van der Waals surface area (Å²) in [5.41, 5.74) is 7.39. The van der Waals surface area contributed by atoms with Crippen molar-refractivity contribution >= 4 is 28.4 Å². The molecule has 0 saturated carbocycles. The van der Waals surface area contributed by atoms with Gasteiger partial charge in [0.25, 0.3) is 0 Å². The molecule has 1 aromatic heterocycles. The second-order valence-corrected chi connectivity index (χ2v) is 6.38. The van der Waals surface area contributed by atoms with Crippen LogP contribution in [0, 0.1) is 6.92 Å². The standard InChI is InChI=1S/C13H18N4O2S.ClH/c1-10-4-6-12(7-5-10)20(18,19)16-8-2-3-11-9-15-13(14)17-11;/h4-7,9,16H,2-3,8H2,1H3,(H3,14,15,17);1H. The molecule has 0 unspecified atom stereocenters. The highest BCUT2D eigenvalue weighted by atomic mass is 35.5. The lowest BCUT2D eigenvalue weighted by molar-refractivity contribution is 0.578. The Hall–Kier alpha value is -1.57. The molecule has 6 nitrogen and oxygen atoms in total. The predicted molar refractivity (Wildman–Crippen MR) is 84.9 cm³/mol. The highest BCUT2D eigenvalue weighted by Crippen LogP contribution is 2.10. The van der Waals surface area contributed by atoms with Gasteiger partial charge in [-0.1, -0.05) is 17.7 Å². The van der Waals surface area contributed by atoms with E-state index < -0.39 is 10.0 Å². The van der Waals surface area contributed by atoms with Crippen molar-refractivity contribution in [1.29, 1.82) is 0 Å². The molecule has 0 bridgehead atoms. The van der Waals surface area contributed by atoms with Crippen LogP contribution in [0.4, 0.5) is 5.95 Å². The fraction of sp³-hybridized carbons (Fsp3) is 0.308. The number of aromatic amines is 1. The van der Waals surface area contributed by atoms with Crippen molar-refractivity contribution in [2.75, 3.05) is 12.3 Å². The van der Waals surface area contributed by atoms with Crippen LogP contribution in [0.25, 0.3) is 0 Å². The number of imidazole rings is 1. The summed E-state index contributed by atoms with van der Waals surface area (Å²) >= 11 is 0. The number of H-pyrrole nitrogens is 1. The van der Waals surface area contributed by atoms with Crippen LogP contribution < -0.4 is 10.5 Å². The molecule has 0 radical (unpaired) electrons. The Bertz CT molecular complexity index is 668. The van der Waals surface area contributed by atoms with Gasteiger partial charge in [-0.05, 0) is 31.9 Å². The van der Waals surface area contributed by atoms with Crippen molar-refractivity contribution in [3.8, 4) is 0 Å². The molecule has 8 heteroatoms. The summed E-state index contributed by atoms with van der Waals surface area (Å²) in [5, 5.41) is 0. The largest absolute Gasteiger partial charge is 0.369 e. The van der Waals surface area contributed by atoms with E-state index in [-0.39, 0.29) is 17.3 Å². The quantitative estimate of drug-likeness (QED) is 0.701. The van der Waals surface area contributed by atoms with Crippen LogP contribution in [-0.4, -0.2) is 24.9 Å². The third-order valence-corrected chi connectivity index (χ3v) is 4.37. The van der Waals surface area contributed by atoms with E-state index in [4.69, 9.17) is 5.73 Å². The third-order valence-electron chi connectivity index (χ3n) is 2.89. The smallest absolute Gasteiger partial charge is 0.240 e.